The Morgan fingerprint density at radius 3 is 2.42 bits per heavy atom. The van der Waals surface area contributed by atoms with Gasteiger partial charge in [0.1, 0.15) is 12.4 Å². The number of hydrogen-bond acceptors (Lipinski definition) is 4. The van der Waals surface area contributed by atoms with E-state index in [9.17, 15) is 13.2 Å². The minimum absolute atomic E-state index is 0.171. The van der Waals surface area contributed by atoms with Crippen LogP contribution in [0.25, 0.3) is 0 Å². The maximum Gasteiger partial charge on any atom is 0.261 e. The van der Waals surface area contributed by atoms with Crippen LogP contribution in [0.3, 0.4) is 0 Å². The zero-order valence-electron chi connectivity index (χ0n) is 17.2. The summed E-state index contributed by atoms with van der Waals surface area (Å²) in [4.78, 5) is 14.5. The van der Waals surface area contributed by atoms with Crippen LogP contribution >= 0.6 is 0 Å². The monoisotopic (exact) mass is 436 g/mol. The summed E-state index contributed by atoms with van der Waals surface area (Å²) in [7, 11) is -1.96. The van der Waals surface area contributed by atoms with Gasteiger partial charge in [-0.2, -0.15) is 0 Å². The Balaban J connectivity index is 1.65. The van der Waals surface area contributed by atoms with Crippen LogP contribution in [-0.4, -0.2) is 32.9 Å². The molecule has 6 nitrogen and oxygen atoms in total. The highest BCUT2D eigenvalue weighted by atomic mass is 32.2. The standard InChI is InChI=1S/C24H24N2O4S/c1-3-16-30-22-9-7-8-19(17-22)18-26(2)24(27)20-12-14-21(15-13-20)25-31(28,29)23-10-5-4-6-11-23/h3-15,17,25H,1,16,18H2,2H3. The van der Waals surface area contributed by atoms with Crippen molar-refractivity contribution < 1.29 is 17.9 Å². The van der Waals surface area contributed by atoms with Gasteiger partial charge in [0, 0.05) is 24.8 Å². The Morgan fingerprint density at radius 1 is 1.03 bits per heavy atom. The maximum atomic E-state index is 12.8. The van der Waals surface area contributed by atoms with Crippen LogP contribution in [0.5, 0.6) is 5.75 Å². The number of amides is 1. The highest BCUT2D eigenvalue weighted by Crippen LogP contribution is 2.19. The molecule has 0 radical (unpaired) electrons. The van der Waals surface area contributed by atoms with Crippen LogP contribution in [0.4, 0.5) is 5.69 Å². The molecule has 0 unspecified atom stereocenters. The van der Waals surface area contributed by atoms with E-state index in [0.717, 1.165) is 5.56 Å². The smallest absolute Gasteiger partial charge is 0.261 e. The van der Waals surface area contributed by atoms with Crippen molar-refractivity contribution in [3.05, 3.63) is 103 Å². The molecule has 0 aliphatic rings. The van der Waals surface area contributed by atoms with Gasteiger partial charge in [0.25, 0.3) is 15.9 Å². The van der Waals surface area contributed by atoms with E-state index < -0.39 is 10.0 Å². The Morgan fingerprint density at radius 2 is 1.74 bits per heavy atom. The van der Waals surface area contributed by atoms with E-state index in [1.54, 1.807) is 60.5 Å². The van der Waals surface area contributed by atoms with E-state index >= 15 is 0 Å². The number of anilines is 1. The lowest BCUT2D eigenvalue weighted by atomic mass is 10.1. The van der Waals surface area contributed by atoms with E-state index in [4.69, 9.17) is 4.74 Å². The van der Waals surface area contributed by atoms with Gasteiger partial charge in [-0.25, -0.2) is 8.42 Å². The summed E-state index contributed by atoms with van der Waals surface area (Å²) in [5.41, 5.74) is 1.78. The first-order valence-electron chi connectivity index (χ1n) is 9.65. The van der Waals surface area contributed by atoms with Crippen molar-refractivity contribution in [3.8, 4) is 5.75 Å². The summed E-state index contributed by atoms with van der Waals surface area (Å²) in [6.45, 7) is 4.45. The minimum Gasteiger partial charge on any atom is -0.490 e. The molecule has 160 valence electrons. The van der Waals surface area contributed by atoms with Gasteiger partial charge in [-0.1, -0.05) is 43.0 Å². The second-order valence-corrected chi connectivity index (χ2v) is 8.59. The zero-order chi connectivity index (χ0) is 22.3. The molecule has 0 saturated heterocycles. The van der Waals surface area contributed by atoms with Gasteiger partial charge in [-0.05, 0) is 54.1 Å². The molecule has 7 heteroatoms. The first kappa shape index (κ1) is 22.1. The van der Waals surface area contributed by atoms with Crippen LogP contribution in [0.15, 0.2) is 96.4 Å². The third-order valence-corrected chi connectivity index (χ3v) is 5.87. The largest absolute Gasteiger partial charge is 0.490 e. The molecular formula is C24H24N2O4S. The molecule has 0 aliphatic carbocycles. The third-order valence-electron chi connectivity index (χ3n) is 4.47. The fourth-order valence-corrected chi connectivity index (χ4v) is 4.03. The molecule has 3 aromatic rings. The van der Waals surface area contributed by atoms with Gasteiger partial charge in [0.2, 0.25) is 0 Å². The van der Waals surface area contributed by atoms with Crippen molar-refractivity contribution in [3.63, 3.8) is 0 Å². The maximum absolute atomic E-state index is 12.8. The molecule has 3 rings (SSSR count). The molecule has 0 fully saturated rings. The number of rotatable bonds is 9. The molecule has 0 aromatic heterocycles. The number of carbonyl (C=O) groups excluding carboxylic acids is 1. The second kappa shape index (κ2) is 9.95. The number of hydrogen-bond donors (Lipinski definition) is 1. The topological polar surface area (TPSA) is 75.7 Å². The highest BCUT2D eigenvalue weighted by molar-refractivity contribution is 7.92. The van der Waals surface area contributed by atoms with Gasteiger partial charge in [-0.15, -0.1) is 0 Å². The second-order valence-electron chi connectivity index (χ2n) is 6.90. The Bertz CT molecular complexity index is 1140. The molecule has 3 aromatic carbocycles. The van der Waals surface area contributed by atoms with Crippen molar-refractivity contribution in [1.29, 1.82) is 0 Å². The van der Waals surface area contributed by atoms with Crippen molar-refractivity contribution in [2.45, 2.75) is 11.4 Å². The predicted molar refractivity (Wildman–Crippen MR) is 122 cm³/mol. The van der Waals surface area contributed by atoms with Crippen LogP contribution < -0.4 is 9.46 Å². The number of nitrogens with one attached hydrogen (secondary N) is 1. The van der Waals surface area contributed by atoms with Gasteiger partial charge in [-0.3, -0.25) is 9.52 Å². The van der Waals surface area contributed by atoms with E-state index in [2.05, 4.69) is 11.3 Å². The first-order chi connectivity index (χ1) is 14.9. The highest BCUT2D eigenvalue weighted by Gasteiger charge is 2.15. The average Bonchev–Trinajstić information content (AvgIpc) is 2.78. The number of benzene rings is 3. The molecule has 1 N–H and O–H groups in total. The normalized spacial score (nSPS) is 10.9. The molecule has 31 heavy (non-hydrogen) atoms. The quantitative estimate of drug-likeness (QED) is 0.507. The lowest BCUT2D eigenvalue weighted by molar-refractivity contribution is 0.0785. The van der Waals surface area contributed by atoms with Gasteiger partial charge in [0.15, 0.2) is 0 Å². The average molecular weight is 437 g/mol. The van der Waals surface area contributed by atoms with E-state index in [1.165, 1.54) is 12.1 Å². The van der Waals surface area contributed by atoms with E-state index in [-0.39, 0.29) is 10.8 Å². The molecule has 0 bridgehead atoms. The Kier molecular flexibility index (Phi) is 7.10. The summed E-state index contributed by atoms with van der Waals surface area (Å²) < 4.78 is 32.9. The Hall–Kier alpha value is -3.58. The van der Waals surface area contributed by atoms with Crippen LogP contribution in [0.2, 0.25) is 0 Å². The number of nitrogens with zero attached hydrogens (tertiary/aromatic N) is 1. The number of carbonyl (C=O) groups is 1. The SMILES string of the molecule is C=CCOc1cccc(CN(C)C(=O)c2ccc(NS(=O)(=O)c3ccccc3)cc2)c1. The van der Waals surface area contributed by atoms with E-state index in [1.807, 2.05) is 24.3 Å². The van der Waals surface area contributed by atoms with Crippen molar-refractivity contribution in [2.24, 2.45) is 0 Å². The fraction of sp³-hybridized carbons (Fsp3) is 0.125. The lowest BCUT2D eigenvalue weighted by Gasteiger charge is -2.18. The van der Waals surface area contributed by atoms with Crippen molar-refractivity contribution in [1.82, 2.24) is 4.90 Å². The van der Waals surface area contributed by atoms with E-state index in [0.29, 0.717) is 30.2 Å². The molecular weight excluding hydrogens is 412 g/mol. The van der Waals surface area contributed by atoms with Gasteiger partial charge < -0.3 is 9.64 Å². The van der Waals surface area contributed by atoms with Crippen molar-refractivity contribution >= 4 is 21.6 Å². The third kappa shape index (κ3) is 5.96. The first-order valence-corrected chi connectivity index (χ1v) is 11.1. The fourth-order valence-electron chi connectivity index (χ4n) is 2.95. The summed E-state index contributed by atoms with van der Waals surface area (Å²) in [6, 6.07) is 22.0. The molecule has 1 amide bonds. The molecule has 0 aliphatic heterocycles. The predicted octanol–water partition coefficient (Wildman–Crippen LogP) is 4.32. The van der Waals surface area contributed by atoms with Crippen LogP contribution in [-0.2, 0) is 16.6 Å². The number of sulfonamides is 1. The summed E-state index contributed by atoms with van der Waals surface area (Å²) in [5.74, 6) is 0.545. The zero-order valence-corrected chi connectivity index (χ0v) is 18.0. The minimum atomic E-state index is -3.68. The van der Waals surface area contributed by atoms with Crippen LogP contribution in [0.1, 0.15) is 15.9 Å². The molecule has 0 saturated carbocycles. The lowest BCUT2D eigenvalue weighted by Crippen LogP contribution is -2.26. The molecule has 0 spiro atoms. The summed E-state index contributed by atoms with van der Waals surface area (Å²) >= 11 is 0. The van der Waals surface area contributed by atoms with Crippen molar-refractivity contribution in [2.75, 3.05) is 18.4 Å². The van der Waals surface area contributed by atoms with Gasteiger partial charge >= 0.3 is 0 Å². The summed E-state index contributed by atoms with van der Waals surface area (Å²) in [5, 5.41) is 0. The molecule has 0 atom stereocenters. The Labute approximate surface area is 182 Å². The number of ether oxygens (including phenoxy) is 1. The van der Waals surface area contributed by atoms with Crippen LogP contribution in [0, 0.1) is 0 Å². The summed E-state index contributed by atoms with van der Waals surface area (Å²) in [6.07, 6.45) is 1.67. The molecule has 0 heterocycles. The van der Waals surface area contributed by atoms with Gasteiger partial charge in [0.05, 0.1) is 4.90 Å².